The van der Waals surface area contributed by atoms with Gasteiger partial charge >= 0.3 is 35.3 Å². The molecule has 20 nitrogen and oxygen atoms in total. The van der Waals surface area contributed by atoms with E-state index in [1.165, 1.54) is 12.4 Å². The highest BCUT2D eigenvalue weighted by Gasteiger charge is 2.65. The van der Waals surface area contributed by atoms with E-state index in [2.05, 4.69) is 33.6 Å². The van der Waals surface area contributed by atoms with Crippen LogP contribution in [0.15, 0.2) is 43.7 Å². The second-order valence-electron chi connectivity index (χ2n) is 18.5. The molecule has 0 aliphatic carbocycles. The molecule has 22 heteroatoms. The average Bonchev–Trinajstić information content (AvgIpc) is 3.56. The predicted octanol–water partition coefficient (Wildman–Crippen LogP) is 2.40. The number of nitrogens with one attached hydrogen (secondary N) is 2. The molecule has 0 radical (unpaired) electrons. The molecule has 2 N–H and O–H groups in total. The van der Waals surface area contributed by atoms with E-state index in [1.54, 1.807) is 0 Å². The number of aromatic nitrogens is 4. The molecule has 0 bridgehead atoms. The first-order valence-electron chi connectivity index (χ1n) is 20.4. The predicted molar refractivity (Wildman–Crippen MR) is 232 cm³/mol. The average molecular weight is 931 g/mol. The lowest BCUT2D eigenvalue weighted by atomic mass is 9.91. The molecule has 0 amide bonds. The third-order valence-electron chi connectivity index (χ3n) is 11.7. The fourth-order valence-electron chi connectivity index (χ4n) is 6.48. The summed E-state index contributed by atoms with van der Waals surface area (Å²) in [5.74, 6) is 7.98. The SMILES string of the molecule is CC(=O)OC[C@H]1O[C@@H](n2ccc(=O)[nH]c2=O)[C@H](O[Si](C)(C)C(C)(C)C)[C@]1(C#CC#C[C@@]1(OC(C)=O)[C@@H](COC(C)=O)O[C@@H](n2ccc(=O)[nH]c2=O)[C@@H]1O[Si](C)(C)C(C)(C)C)OC(C)=O. The van der Waals surface area contributed by atoms with E-state index in [0.29, 0.717) is 0 Å². The molecule has 4 heterocycles. The maximum absolute atomic E-state index is 13.4. The molecule has 0 unspecified atom stereocenters. The molecule has 2 aromatic heterocycles. The molecule has 0 spiro atoms. The number of H-pyrrole nitrogens is 2. The number of aromatic amines is 2. The molecule has 2 saturated heterocycles. The summed E-state index contributed by atoms with van der Waals surface area (Å²) in [7, 11) is -5.92. The smallest absolute Gasteiger partial charge is 0.330 e. The highest BCUT2D eigenvalue weighted by molar-refractivity contribution is 6.74. The zero-order valence-corrected chi connectivity index (χ0v) is 40.6. The largest absolute Gasteiger partial charge is 0.463 e. The van der Waals surface area contributed by atoms with Crippen LogP contribution in [0.3, 0.4) is 0 Å². The molecule has 2 fully saturated rings. The second-order valence-corrected chi connectivity index (χ2v) is 28.1. The maximum atomic E-state index is 13.4. The fourth-order valence-corrected chi connectivity index (χ4v) is 9.04. The maximum Gasteiger partial charge on any atom is 0.330 e. The van der Waals surface area contributed by atoms with Gasteiger partial charge in [0.1, 0.15) is 37.6 Å². The number of nitrogens with zero attached hydrogens (tertiary/aromatic N) is 2. The minimum absolute atomic E-state index is 0.490. The Balaban J connectivity index is 2.11. The Hall–Kier alpha value is -5.37. The summed E-state index contributed by atoms with van der Waals surface area (Å²) in [6.45, 7) is 22.6. The highest BCUT2D eigenvalue weighted by Crippen LogP contribution is 2.48. The van der Waals surface area contributed by atoms with Gasteiger partial charge in [0.15, 0.2) is 29.1 Å². The van der Waals surface area contributed by atoms with E-state index in [0.717, 1.165) is 49.0 Å². The first kappa shape index (κ1) is 51.3. The van der Waals surface area contributed by atoms with Crippen molar-refractivity contribution in [3.63, 3.8) is 0 Å². The van der Waals surface area contributed by atoms with Gasteiger partial charge in [-0.2, -0.15) is 0 Å². The first-order valence-corrected chi connectivity index (χ1v) is 26.2. The van der Waals surface area contributed by atoms with Crippen LogP contribution in [0.25, 0.3) is 0 Å². The molecule has 2 aliphatic rings. The van der Waals surface area contributed by atoms with Gasteiger partial charge in [0, 0.05) is 52.2 Å². The molecule has 0 aromatic carbocycles. The molecular weight excluding hydrogens is 873 g/mol. The normalized spacial score (nSPS) is 25.8. The molecule has 64 heavy (non-hydrogen) atoms. The zero-order valence-electron chi connectivity index (χ0n) is 38.6. The molecular formula is C42H58N4O16Si2. The van der Waals surface area contributed by atoms with Crippen molar-refractivity contribution in [2.75, 3.05) is 13.2 Å². The van der Waals surface area contributed by atoms with Gasteiger partial charge in [-0.05, 0) is 59.9 Å². The summed E-state index contributed by atoms with van der Waals surface area (Å²) in [6.07, 6.45) is -6.33. The standard InChI is InChI=1S/C42H58N4O16Si2/c1-25(47)55-23-29-41(59-27(3)49,33(61-63(11,12)39(5,6)7)35(57-29)45-21-17-31(51)43-37(45)53)19-15-16-20-42(60-28(4)50)30(24-56-26(2)48)58-36(46-22-18-32(52)44-38(46)54)34(42)62-64(13,14)40(8,9)10/h17-18,21-22,29-30,33-36H,23-24H2,1-14H3,(H,43,51,53)(H,44,52,54)/t29-,30-,33+,34+,35-,36-,41-,42-/m1/s1. The number of carbonyl (C=O) groups excluding carboxylic acids is 4. The van der Waals surface area contributed by atoms with E-state index < -0.39 is 134 Å². The molecule has 350 valence electrons. The third kappa shape index (κ3) is 11.1. The van der Waals surface area contributed by atoms with Crippen LogP contribution in [-0.2, 0) is 56.5 Å². The van der Waals surface area contributed by atoms with Gasteiger partial charge < -0.3 is 37.3 Å². The third-order valence-corrected chi connectivity index (χ3v) is 20.6. The van der Waals surface area contributed by atoms with E-state index in [1.807, 2.05) is 67.7 Å². The van der Waals surface area contributed by atoms with Crippen LogP contribution < -0.4 is 22.5 Å². The molecule has 0 saturated carbocycles. The van der Waals surface area contributed by atoms with Crippen LogP contribution in [0.5, 0.6) is 0 Å². The van der Waals surface area contributed by atoms with Gasteiger partial charge in [-0.15, -0.1) is 0 Å². The summed E-state index contributed by atoms with van der Waals surface area (Å²) >= 11 is 0. The van der Waals surface area contributed by atoms with E-state index in [-0.39, 0.29) is 0 Å². The van der Waals surface area contributed by atoms with Gasteiger partial charge in [-0.1, -0.05) is 41.5 Å². The minimum Gasteiger partial charge on any atom is -0.463 e. The molecule has 4 rings (SSSR count). The summed E-state index contributed by atoms with van der Waals surface area (Å²) in [6, 6.07) is 2.17. The van der Waals surface area contributed by atoms with Crippen LogP contribution in [0.2, 0.25) is 36.3 Å². The van der Waals surface area contributed by atoms with E-state index in [9.17, 15) is 38.4 Å². The number of hydrogen-bond donors (Lipinski definition) is 2. The summed E-state index contributed by atoms with van der Waals surface area (Å²) in [5.41, 5.74) is -7.60. The Labute approximate surface area is 371 Å². The topological polar surface area (TPSA) is 252 Å². The number of esters is 4. The lowest BCUT2D eigenvalue weighted by Crippen LogP contribution is -2.58. The number of carbonyl (C=O) groups is 4. The molecule has 2 aliphatic heterocycles. The highest BCUT2D eigenvalue weighted by atomic mass is 28.4. The second kappa shape index (κ2) is 19.0. The van der Waals surface area contributed by atoms with Crippen molar-refractivity contribution in [2.24, 2.45) is 0 Å². The quantitative estimate of drug-likeness (QED) is 0.134. The first-order chi connectivity index (χ1) is 29.4. The van der Waals surface area contributed by atoms with E-state index >= 15 is 0 Å². The summed E-state index contributed by atoms with van der Waals surface area (Å²) in [4.78, 5) is 106. The van der Waals surface area contributed by atoms with Crippen LogP contribution >= 0.6 is 0 Å². The van der Waals surface area contributed by atoms with Crippen molar-refractivity contribution < 1.29 is 56.5 Å². The fraction of sp³-hybridized carbons (Fsp3) is 0.619. The van der Waals surface area contributed by atoms with Crippen LogP contribution in [0.1, 0.15) is 81.7 Å². The van der Waals surface area contributed by atoms with Crippen molar-refractivity contribution in [1.29, 1.82) is 0 Å². The van der Waals surface area contributed by atoms with Crippen molar-refractivity contribution in [1.82, 2.24) is 19.1 Å². The Morgan fingerprint density at radius 2 is 0.953 bits per heavy atom. The monoisotopic (exact) mass is 930 g/mol. The Morgan fingerprint density at radius 3 is 1.22 bits per heavy atom. The van der Waals surface area contributed by atoms with Crippen LogP contribution in [0.4, 0.5) is 0 Å². The summed E-state index contributed by atoms with van der Waals surface area (Å²) in [5, 5.41) is -0.980. The minimum atomic E-state index is -2.96. The Bertz CT molecular complexity index is 2320. The van der Waals surface area contributed by atoms with Crippen molar-refractivity contribution in [3.8, 4) is 23.7 Å². The van der Waals surface area contributed by atoms with Crippen molar-refractivity contribution >= 4 is 40.5 Å². The lowest BCUT2D eigenvalue weighted by molar-refractivity contribution is -0.168. The van der Waals surface area contributed by atoms with Crippen LogP contribution in [-0.4, -0.2) is 108 Å². The van der Waals surface area contributed by atoms with Gasteiger partial charge in [-0.25, -0.2) is 9.59 Å². The van der Waals surface area contributed by atoms with E-state index in [4.69, 9.17) is 37.3 Å². The summed E-state index contributed by atoms with van der Waals surface area (Å²) < 4.78 is 51.6. The van der Waals surface area contributed by atoms with Crippen molar-refractivity contribution in [2.45, 2.75) is 154 Å². The van der Waals surface area contributed by atoms with Gasteiger partial charge in [-0.3, -0.25) is 47.9 Å². The number of ether oxygens (including phenoxy) is 6. The van der Waals surface area contributed by atoms with Gasteiger partial charge in [0.2, 0.25) is 11.2 Å². The van der Waals surface area contributed by atoms with Gasteiger partial charge in [0.05, 0.1) is 0 Å². The van der Waals surface area contributed by atoms with Gasteiger partial charge in [0.25, 0.3) is 11.1 Å². The Kier molecular flexibility index (Phi) is 15.2. The number of hydrogen-bond acceptors (Lipinski definition) is 16. The molecule has 8 atom stereocenters. The van der Waals surface area contributed by atoms with Crippen LogP contribution in [0, 0.1) is 23.7 Å². The lowest BCUT2D eigenvalue weighted by Gasteiger charge is -2.43. The molecule has 2 aromatic rings. The number of rotatable bonds is 12. The zero-order chi connectivity index (χ0) is 48.4. The Morgan fingerprint density at radius 1 is 0.625 bits per heavy atom. The van der Waals surface area contributed by atoms with Crippen molar-refractivity contribution in [3.05, 3.63) is 66.2 Å².